The van der Waals surface area contributed by atoms with Crippen LogP contribution in [0.1, 0.15) is 42.2 Å². The Balaban J connectivity index is 1.76. The highest BCUT2D eigenvalue weighted by Crippen LogP contribution is 2.31. The Morgan fingerprint density at radius 1 is 1.12 bits per heavy atom. The van der Waals surface area contributed by atoms with Crippen LogP contribution >= 0.6 is 11.3 Å². The topological polar surface area (TPSA) is 58.6 Å². The highest BCUT2D eigenvalue weighted by Gasteiger charge is 2.34. The number of ether oxygens (including phenoxy) is 1. The molecule has 1 aromatic heterocycles. The van der Waals surface area contributed by atoms with Crippen LogP contribution < -0.4 is 15.0 Å². The first-order valence-corrected chi connectivity index (χ1v) is 12.0. The van der Waals surface area contributed by atoms with Gasteiger partial charge < -0.3 is 10.1 Å². The van der Waals surface area contributed by atoms with Crippen LogP contribution in [0.5, 0.6) is 5.75 Å². The van der Waals surface area contributed by atoms with Gasteiger partial charge in [0.15, 0.2) is 0 Å². The highest BCUT2D eigenvalue weighted by molar-refractivity contribution is 7.10. The Hall–Kier alpha value is -3.19. The van der Waals surface area contributed by atoms with Gasteiger partial charge in [-0.15, -0.1) is 11.3 Å². The highest BCUT2D eigenvalue weighted by atomic mass is 32.1. The smallest absolute Gasteiger partial charge is 0.248 e. The molecular formula is C26H27FN2O3S. The van der Waals surface area contributed by atoms with Gasteiger partial charge in [-0.25, -0.2) is 4.39 Å². The summed E-state index contributed by atoms with van der Waals surface area (Å²) in [6.07, 6.45) is 4.11. The summed E-state index contributed by atoms with van der Waals surface area (Å²) in [6, 6.07) is 15.8. The van der Waals surface area contributed by atoms with Gasteiger partial charge in [-0.3, -0.25) is 14.5 Å². The molecule has 3 aromatic rings. The third-order valence-electron chi connectivity index (χ3n) is 5.90. The number of benzene rings is 2. The summed E-state index contributed by atoms with van der Waals surface area (Å²) >= 11 is 1.48. The molecule has 0 radical (unpaired) electrons. The van der Waals surface area contributed by atoms with Crippen molar-refractivity contribution in [3.63, 3.8) is 0 Å². The Labute approximate surface area is 197 Å². The van der Waals surface area contributed by atoms with Crippen molar-refractivity contribution >= 4 is 28.8 Å². The fourth-order valence-electron chi connectivity index (χ4n) is 4.26. The predicted molar refractivity (Wildman–Crippen MR) is 128 cm³/mol. The van der Waals surface area contributed by atoms with E-state index in [2.05, 4.69) is 5.32 Å². The van der Waals surface area contributed by atoms with E-state index in [4.69, 9.17) is 4.74 Å². The molecule has 0 spiro atoms. The summed E-state index contributed by atoms with van der Waals surface area (Å²) in [6.45, 7) is 0. The zero-order chi connectivity index (χ0) is 23.2. The molecule has 0 bridgehead atoms. The van der Waals surface area contributed by atoms with Gasteiger partial charge in [0.2, 0.25) is 11.8 Å². The van der Waals surface area contributed by atoms with E-state index in [-0.39, 0.29) is 24.3 Å². The number of amides is 2. The number of hydrogen-bond acceptors (Lipinski definition) is 4. The van der Waals surface area contributed by atoms with E-state index < -0.39 is 11.9 Å². The monoisotopic (exact) mass is 466 g/mol. The summed E-state index contributed by atoms with van der Waals surface area (Å²) in [5, 5.41) is 5.04. The third-order valence-corrected chi connectivity index (χ3v) is 6.78. The molecule has 1 fully saturated rings. The lowest BCUT2D eigenvalue weighted by Crippen LogP contribution is -2.46. The second-order valence-corrected chi connectivity index (χ2v) is 9.20. The van der Waals surface area contributed by atoms with E-state index in [0.29, 0.717) is 17.0 Å². The summed E-state index contributed by atoms with van der Waals surface area (Å²) in [4.78, 5) is 29.5. The van der Waals surface area contributed by atoms with Gasteiger partial charge in [0.05, 0.1) is 13.5 Å². The second kappa shape index (κ2) is 10.6. The van der Waals surface area contributed by atoms with Crippen LogP contribution in [0.15, 0.2) is 66.0 Å². The van der Waals surface area contributed by atoms with Crippen LogP contribution in [0, 0.1) is 5.82 Å². The van der Waals surface area contributed by atoms with Crippen molar-refractivity contribution in [2.45, 2.75) is 44.2 Å². The zero-order valence-electron chi connectivity index (χ0n) is 18.5. The molecule has 33 heavy (non-hydrogen) atoms. The number of halogens is 1. The summed E-state index contributed by atoms with van der Waals surface area (Å²) in [5.74, 6) is -0.358. The fraction of sp³-hybridized carbons (Fsp3) is 0.308. The molecule has 5 nitrogen and oxygen atoms in total. The van der Waals surface area contributed by atoms with Crippen molar-refractivity contribution < 1.29 is 18.7 Å². The minimum Gasteiger partial charge on any atom is -0.497 e. The van der Waals surface area contributed by atoms with Gasteiger partial charge in [0.1, 0.15) is 17.6 Å². The summed E-state index contributed by atoms with van der Waals surface area (Å²) < 4.78 is 19.5. The first-order chi connectivity index (χ1) is 16.0. The molecule has 1 aliphatic carbocycles. The number of carbonyl (C=O) groups excluding carboxylic acids is 2. The normalized spacial score (nSPS) is 14.6. The molecule has 0 unspecified atom stereocenters. The summed E-state index contributed by atoms with van der Waals surface area (Å²) in [7, 11) is 1.57. The first kappa shape index (κ1) is 23.0. The molecule has 0 aliphatic heterocycles. The second-order valence-electron chi connectivity index (χ2n) is 8.17. The van der Waals surface area contributed by atoms with E-state index in [1.807, 2.05) is 17.5 Å². The number of carbonyl (C=O) groups is 2. The van der Waals surface area contributed by atoms with Crippen LogP contribution in [-0.4, -0.2) is 25.0 Å². The SMILES string of the molecule is COc1ccc([C@@H](C(=O)NC2CCCC2)N(C(=O)Cc2cccs2)c2cccc(F)c2)cc1. The van der Waals surface area contributed by atoms with Crippen molar-refractivity contribution in [1.29, 1.82) is 0 Å². The van der Waals surface area contributed by atoms with Gasteiger partial charge >= 0.3 is 0 Å². The zero-order valence-corrected chi connectivity index (χ0v) is 19.3. The van der Waals surface area contributed by atoms with Gasteiger partial charge in [0, 0.05) is 16.6 Å². The average molecular weight is 467 g/mol. The standard InChI is InChI=1S/C26H27FN2O3S/c1-32-22-13-11-18(12-14-22)25(26(31)28-20-7-2-3-8-20)29(21-9-4-6-19(27)16-21)24(30)17-23-10-5-15-33-23/h4-6,9-16,20,25H,2-3,7-8,17H2,1H3,(H,28,31)/t25-/m0/s1. The van der Waals surface area contributed by atoms with Crippen LogP contribution in [0.4, 0.5) is 10.1 Å². The van der Waals surface area contributed by atoms with Gasteiger partial charge in [0.25, 0.3) is 0 Å². The molecule has 1 N–H and O–H groups in total. The van der Waals surface area contributed by atoms with Crippen LogP contribution in [0.25, 0.3) is 0 Å². The molecule has 2 amide bonds. The van der Waals surface area contributed by atoms with Gasteiger partial charge in [-0.2, -0.15) is 0 Å². The van der Waals surface area contributed by atoms with E-state index in [1.54, 1.807) is 43.5 Å². The van der Waals surface area contributed by atoms with Crippen molar-refractivity contribution in [2.75, 3.05) is 12.0 Å². The molecule has 1 saturated carbocycles. The summed E-state index contributed by atoms with van der Waals surface area (Å²) in [5.41, 5.74) is 0.981. The minimum atomic E-state index is -0.939. The Bertz CT molecular complexity index is 1080. The van der Waals surface area contributed by atoms with Crippen LogP contribution in [0.2, 0.25) is 0 Å². The number of nitrogens with one attached hydrogen (secondary N) is 1. The Morgan fingerprint density at radius 2 is 1.88 bits per heavy atom. The van der Waals surface area contributed by atoms with Crippen LogP contribution in [0.3, 0.4) is 0 Å². The molecule has 172 valence electrons. The lowest BCUT2D eigenvalue weighted by Gasteiger charge is -2.32. The molecule has 1 heterocycles. The van der Waals surface area contributed by atoms with Crippen molar-refractivity contribution in [3.8, 4) is 5.75 Å². The maximum absolute atomic E-state index is 14.2. The quantitative estimate of drug-likeness (QED) is 0.492. The van der Waals surface area contributed by atoms with Crippen molar-refractivity contribution in [3.05, 3.63) is 82.3 Å². The van der Waals surface area contributed by atoms with Crippen molar-refractivity contribution in [1.82, 2.24) is 5.32 Å². The van der Waals surface area contributed by atoms with Crippen molar-refractivity contribution in [2.24, 2.45) is 0 Å². The lowest BCUT2D eigenvalue weighted by atomic mass is 10.0. The van der Waals surface area contributed by atoms with E-state index in [0.717, 1.165) is 30.6 Å². The Morgan fingerprint density at radius 3 is 2.52 bits per heavy atom. The maximum Gasteiger partial charge on any atom is 0.248 e. The first-order valence-electron chi connectivity index (χ1n) is 11.1. The van der Waals surface area contributed by atoms with E-state index in [1.165, 1.54) is 28.4 Å². The van der Waals surface area contributed by atoms with Gasteiger partial charge in [-0.05, 0) is 60.2 Å². The number of nitrogens with zero attached hydrogens (tertiary/aromatic N) is 1. The molecule has 0 saturated heterocycles. The molecule has 2 aromatic carbocycles. The molecule has 1 atom stereocenters. The average Bonchev–Trinajstić information content (AvgIpc) is 3.52. The maximum atomic E-state index is 14.2. The fourth-order valence-corrected chi connectivity index (χ4v) is 4.96. The van der Waals surface area contributed by atoms with E-state index in [9.17, 15) is 14.0 Å². The minimum absolute atomic E-state index is 0.0833. The molecular weight excluding hydrogens is 439 g/mol. The van der Waals surface area contributed by atoms with E-state index >= 15 is 0 Å². The van der Waals surface area contributed by atoms with Gasteiger partial charge in [-0.1, -0.05) is 37.1 Å². The largest absolute Gasteiger partial charge is 0.497 e. The lowest BCUT2D eigenvalue weighted by molar-refractivity contribution is -0.127. The Kier molecular flexibility index (Phi) is 7.40. The number of anilines is 1. The number of hydrogen-bond donors (Lipinski definition) is 1. The number of methoxy groups -OCH3 is 1. The third kappa shape index (κ3) is 5.60. The number of rotatable bonds is 8. The molecule has 7 heteroatoms. The molecule has 1 aliphatic rings. The molecule has 4 rings (SSSR count). The van der Waals surface area contributed by atoms with Crippen LogP contribution in [-0.2, 0) is 16.0 Å². The predicted octanol–water partition coefficient (Wildman–Crippen LogP) is 5.27. The number of thiophene rings is 1.